The molecule has 0 saturated carbocycles. The summed E-state index contributed by atoms with van der Waals surface area (Å²) in [6.07, 6.45) is 2.48. The molecule has 20 heavy (non-hydrogen) atoms. The highest BCUT2D eigenvalue weighted by molar-refractivity contribution is 6.32. The van der Waals surface area contributed by atoms with Gasteiger partial charge in [0, 0.05) is 30.9 Å². The molecule has 0 bridgehead atoms. The lowest BCUT2D eigenvalue weighted by Gasteiger charge is -2.09. The zero-order valence-corrected chi connectivity index (χ0v) is 11.7. The van der Waals surface area contributed by atoms with Gasteiger partial charge in [-0.05, 0) is 24.3 Å². The molecule has 0 aliphatic heterocycles. The van der Waals surface area contributed by atoms with Gasteiger partial charge in [0.1, 0.15) is 5.75 Å². The maximum atomic E-state index is 8.60. The van der Waals surface area contributed by atoms with E-state index in [4.69, 9.17) is 27.3 Å². The van der Waals surface area contributed by atoms with Crippen molar-refractivity contribution < 1.29 is 9.94 Å². The fourth-order valence-corrected chi connectivity index (χ4v) is 1.98. The number of hydrogen-bond acceptors (Lipinski definition) is 4. The molecule has 7 heteroatoms. The third-order valence-electron chi connectivity index (χ3n) is 2.87. The maximum Gasteiger partial charge on any atom is 0.170 e. The van der Waals surface area contributed by atoms with Crippen molar-refractivity contribution in [3.05, 3.63) is 46.7 Å². The number of hydrogen-bond donors (Lipinski definition) is 2. The third-order valence-corrected chi connectivity index (χ3v) is 3.17. The van der Waals surface area contributed by atoms with Crippen molar-refractivity contribution in [2.24, 2.45) is 17.9 Å². The van der Waals surface area contributed by atoms with Crippen molar-refractivity contribution in [3.63, 3.8) is 0 Å². The van der Waals surface area contributed by atoms with Gasteiger partial charge in [0.25, 0.3) is 0 Å². The Bertz CT molecular complexity index is 625. The first kappa shape index (κ1) is 14.2. The Balaban J connectivity index is 1.98. The van der Waals surface area contributed by atoms with Gasteiger partial charge in [0.15, 0.2) is 5.84 Å². The van der Waals surface area contributed by atoms with E-state index in [1.807, 2.05) is 13.1 Å². The van der Waals surface area contributed by atoms with Gasteiger partial charge in [0.05, 0.1) is 11.6 Å². The quantitative estimate of drug-likeness (QED) is 0.381. The molecule has 6 nitrogen and oxygen atoms in total. The molecule has 0 fully saturated rings. The van der Waals surface area contributed by atoms with Gasteiger partial charge in [-0.15, -0.1) is 0 Å². The Morgan fingerprint density at radius 2 is 2.30 bits per heavy atom. The van der Waals surface area contributed by atoms with Crippen LogP contribution in [0.3, 0.4) is 0 Å². The van der Waals surface area contributed by atoms with Gasteiger partial charge in [-0.2, -0.15) is 5.10 Å². The topological polar surface area (TPSA) is 85.7 Å². The summed E-state index contributed by atoms with van der Waals surface area (Å²) in [5.41, 5.74) is 7.10. The van der Waals surface area contributed by atoms with Gasteiger partial charge < -0.3 is 15.7 Å². The van der Waals surface area contributed by atoms with E-state index in [1.54, 1.807) is 29.1 Å². The van der Waals surface area contributed by atoms with Crippen LogP contribution >= 0.6 is 11.6 Å². The summed E-state index contributed by atoms with van der Waals surface area (Å²) in [5.74, 6) is 0.566. The van der Waals surface area contributed by atoms with E-state index in [0.29, 0.717) is 22.9 Å². The van der Waals surface area contributed by atoms with Gasteiger partial charge >= 0.3 is 0 Å². The highest BCUT2D eigenvalue weighted by Crippen LogP contribution is 2.25. The number of amidine groups is 1. The Hall–Kier alpha value is -2.21. The maximum absolute atomic E-state index is 8.60. The van der Waals surface area contributed by atoms with Crippen LogP contribution < -0.4 is 10.5 Å². The van der Waals surface area contributed by atoms with Crippen molar-refractivity contribution >= 4 is 17.4 Å². The van der Waals surface area contributed by atoms with E-state index in [-0.39, 0.29) is 5.84 Å². The average molecular weight is 295 g/mol. The summed E-state index contributed by atoms with van der Waals surface area (Å²) in [5, 5.41) is 16.0. The largest absolute Gasteiger partial charge is 0.492 e. The highest BCUT2D eigenvalue weighted by Gasteiger charge is 2.06. The summed E-state index contributed by atoms with van der Waals surface area (Å²) in [7, 11) is 1.88. The molecule has 2 rings (SSSR count). The molecule has 0 aliphatic carbocycles. The molecule has 106 valence electrons. The Kier molecular flexibility index (Phi) is 4.47. The van der Waals surface area contributed by atoms with Crippen molar-refractivity contribution in [2.45, 2.75) is 6.42 Å². The van der Waals surface area contributed by atoms with Crippen LogP contribution in [0, 0.1) is 0 Å². The van der Waals surface area contributed by atoms with Crippen LogP contribution in [0.5, 0.6) is 5.75 Å². The number of benzene rings is 1. The number of aromatic nitrogens is 2. The van der Waals surface area contributed by atoms with E-state index in [0.717, 1.165) is 12.1 Å². The van der Waals surface area contributed by atoms with E-state index < -0.39 is 0 Å². The fraction of sp³-hybridized carbons (Fsp3) is 0.231. The second-order valence-corrected chi connectivity index (χ2v) is 4.58. The number of nitrogens with two attached hydrogens (primary N) is 1. The third kappa shape index (κ3) is 3.21. The van der Waals surface area contributed by atoms with Crippen LogP contribution in [0.4, 0.5) is 0 Å². The molecule has 0 atom stereocenters. The van der Waals surface area contributed by atoms with Gasteiger partial charge in [-0.25, -0.2) is 0 Å². The van der Waals surface area contributed by atoms with Crippen LogP contribution in [0.1, 0.15) is 11.3 Å². The smallest absolute Gasteiger partial charge is 0.170 e. The first-order chi connectivity index (χ1) is 9.61. The summed E-state index contributed by atoms with van der Waals surface area (Å²) < 4.78 is 7.42. The van der Waals surface area contributed by atoms with Crippen molar-refractivity contribution in [1.82, 2.24) is 9.78 Å². The first-order valence-corrected chi connectivity index (χ1v) is 6.36. The summed E-state index contributed by atoms with van der Waals surface area (Å²) >= 11 is 6.09. The second-order valence-electron chi connectivity index (χ2n) is 4.18. The van der Waals surface area contributed by atoms with E-state index >= 15 is 0 Å². The SMILES string of the molecule is Cn1nccc1CCOc1ccc(/C(N)=N/O)cc1Cl. The molecule has 1 aromatic carbocycles. The summed E-state index contributed by atoms with van der Waals surface area (Å²) in [6.45, 7) is 0.488. The fourth-order valence-electron chi connectivity index (χ4n) is 1.75. The number of rotatable bonds is 5. The lowest BCUT2D eigenvalue weighted by molar-refractivity contribution is 0.317. The standard InChI is InChI=1S/C13H15ClN4O2/c1-18-10(4-6-16-18)5-7-20-12-3-2-9(8-11(12)14)13(15)17-19/h2-4,6,8,19H,5,7H2,1H3,(H2,15,17). The van der Waals surface area contributed by atoms with E-state index in [1.165, 1.54) is 0 Å². The predicted octanol–water partition coefficient (Wildman–Crippen LogP) is 1.79. The normalized spacial score (nSPS) is 11.6. The minimum absolute atomic E-state index is 0.00772. The van der Waals surface area contributed by atoms with Gasteiger partial charge in [-0.3, -0.25) is 4.68 Å². The minimum Gasteiger partial charge on any atom is -0.492 e. The molecule has 0 radical (unpaired) electrons. The van der Waals surface area contributed by atoms with Crippen LogP contribution in [-0.2, 0) is 13.5 Å². The van der Waals surface area contributed by atoms with Gasteiger partial charge in [0.2, 0.25) is 0 Å². The molecule has 3 N–H and O–H groups in total. The summed E-state index contributed by atoms with van der Waals surface area (Å²) in [4.78, 5) is 0. The van der Waals surface area contributed by atoms with Gasteiger partial charge in [-0.1, -0.05) is 16.8 Å². The van der Waals surface area contributed by atoms with Crippen molar-refractivity contribution in [2.75, 3.05) is 6.61 Å². The van der Waals surface area contributed by atoms with Crippen LogP contribution in [0.2, 0.25) is 5.02 Å². The van der Waals surface area contributed by atoms with E-state index in [2.05, 4.69) is 10.3 Å². The summed E-state index contributed by atoms with van der Waals surface area (Å²) in [6, 6.07) is 6.90. The number of ether oxygens (including phenoxy) is 1. The molecular weight excluding hydrogens is 280 g/mol. The van der Waals surface area contributed by atoms with Crippen LogP contribution in [-0.4, -0.2) is 27.4 Å². The average Bonchev–Trinajstić information content (AvgIpc) is 2.85. The molecule has 2 aromatic rings. The zero-order valence-electron chi connectivity index (χ0n) is 11.0. The Morgan fingerprint density at radius 3 is 2.90 bits per heavy atom. The molecule has 0 spiro atoms. The number of oxime groups is 1. The molecule has 0 aliphatic rings. The van der Waals surface area contributed by atoms with E-state index in [9.17, 15) is 0 Å². The molecular formula is C13H15ClN4O2. The van der Waals surface area contributed by atoms with Crippen LogP contribution in [0.25, 0.3) is 0 Å². The minimum atomic E-state index is 0.00772. The molecule has 0 saturated heterocycles. The molecule has 1 heterocycles. The lowest BCUT2D eigenvalue weighted by Crippen LogP contribution is -2.13. The first-order valence-electron chi connectivity index (χ1n) is 5.99. The number of nitrogens with zero attached hydrogens (tertiary/aromatic N) is 3. The number of halogens is 1. The highest BCUT2D eigenvalue weighted by atomic mass is 35.5. The van der Waals surface area contributed by atoms with Crippen molar-refractivity contribution in [3.8, 4) is 5.75 Å². The Morgan fingerprint density at radius 1 is 1.50 bits per heavy atom. The van der Waals surface area contributed by atoms with Crippen molar-refractivity contribution in [1.29, 1.82) is 0 Å². The Labute approximate surface area is 121 Å². The monoisotopic (exact) mass is 294 g/mol. The molecule has 0 amide bonds. The zero-order chi connectivity index (χ0) is 14.5. The second kappa shape index (κ2) is 6.29. The lowest BCUT2D eigenvalue weighted by atomic mass is 10.2. The molecule has 0 unspecified atom stereocenters. The van der Waals surface area contributed by atoms with Crippen LogP contribution in [0.15, 0.2) is 35.6 Å². The molecule has 1 aromatic heterocycles. The predicted molar refractivity (Wildman–Crippen MR) is 76.4 cm³/mol. The number of aryl methyl sites for hydroxylation is 1.